The van der Waals surface area contributed by atoms with Crippen molar-refractivity contribution in [1.29, 1.82) is 0 Å². The van der Waals surface area contributed by atoms with Crippen molar-refractivity contribution in [3.63, 3.8) is 0 Å². The summed E-state index contributed by atoms with van der Waals surface area (Å²) in [5, 5.41) is 4.18. The van der Waals surface area contributed by atoms with E-state index in [1.165, 1.54) is 3.12 Å². The van der Waals surface area contributed by atoms with Crippen LogP contribution in [0.15, 0.2) is 18.3 Å². The number of rotatable bonds is 0. The molecule has 2 aromatic heterocycles. The quantitative estimate of drug-likeness (QED) is 0.626. The molecule has 0 aliphatic rings. The molecule has 2 aromatic rings. The molecule has 52 valence electrons. The number of aromatic nitrogens is 3. The Morgan fingerprint density at radius 1 is 1.55 bits per heavy atom. The average Bonchev–Trinajstić information content (AvgIpc) is 2.27. The van der Waals surface area contributed by atoms with Crippen molar-refractivity contribution < 1.29 is 0 Å². The number of nitrogens with zero attached hydrogens (tertiary/aromatic N) is 3. The fraction of sp³-hybridized carbons (Fsp3) is 0.143. The summed E-state index contributed by atoms with van der Waals surface area (Å²) in [6, 6.07) is 4.18. The number of hydrogen-bond donors (Lipinski definition) is 0. The number of aryl methyl sites for hydroxylation is 1. The molecular weight excluding hydrogens is 330 g/mol. The molecule has 0 saturated heterocycles. The normalized spacial score (nSPS) is 10.5. The van der Waals surface area contributed by atoms with E-state index in [-0.39, 0.29) is 0 Å². The third kappa shape index (κ3) is 1.29. The Morgan fingerprint density at radius 3 is 3.18 bits per heavy atom. The van der Waals surface area contributed by atoms with E-state index in [0.29, 0.717) is 0 Å². The van der Waals surface area contributed by atoms with Gasteiger partial charge in [-0.15, -0.1) is 0 Å². The molecule has 0 amide bonds. The Kier molecular flexibility index (Phi) is 1.67. The zero-order valence-electron chi connectivity index (χ0n) is 6.15. The molecule has 3 nitrogen and oxygen atoms in total. The van der Waals surface area contributed by atoms with Gasteiger partial charge in [-0.05, 0) is 0 Å². The van der Waals surface area contributed by atoms with Crippen molar-refractivity contribution in [2.45, 2.75) is 6.92 Å². The number of fused-ring (bicyclic) bond motifs is 1. The molecule has 0 atom stereocenters. The van der Waals surface area contributed by atoms with E-state index in [0.717, 1.165) is 37.2 Å². The predicted octanol–water partition coefficient (Wildman–Crippen LogP) is -0.168. The molecule has 0 spiro atoms. The Morgan fingerprint density at radius 2 is 2.36 bits per heavy atom. The standard InChI is InChI=1S/C7H6N3.Tl/c1-6-8-7-4-2-3-5-10(7)9-6;/h3-5H,1H3;. The van der Waals surface area contributed by atoms with Crippen LogP contribution in [0, 0.1) is 6.92 Å². The second kappa shape index (κ2) is 2.54. The van der Waals surface area contributed by atoms with Crippen LogP contribution >= 0.6 is 0 Å². The third-order valence-corrected chi connectivity index (χ3v) is 2.86. The third-order valence-electron chi connectivity index (χ3n) is 1.47. The van der Waals surface area contributed by atoms with Gasteiger partial charge < -0.3 is 0 Å². The summed E-state index contributed by atoms with van der Waals surface area (Å²) >= 11 is 0.877. The summed E-state index contributed by atoms with van der Waals surface area (Å²) in [7, 11) is 0. The average molecular weight is 337 g/mol. The van der Waals surface area contributed by atoms with Crippen LogP contribution in [0.4, 0.5) is 0 Å². The first kappa shape index (κ1) is 7.21. The first-order valence-corrected chi connectivity index (χ1v) is 5.59. The second-order valence-electron chi connectivity index (χ2n) is 2.42. The molecular formula is C7H6N3Tl. The van der Waals surface area contributed by atoms with Gasteiger partial charge in [0.2, 0.25) is 0 Å². The molecule has 2 rings (SSSR count). The van der Waals surface area contributed by atoms with Crippen LogP contribution in [0.3, 0.4) is 0 Å². The summed E-state index contributed by atoms with van der Waals surface area (Å²) in [5.74, 6) is 0.834. The van der Waals surface area contributed by atoms with Crippen LogP contribution in [-0.2, 0) is 0 Å². The van der Waals surface area contributed by atoms with Crippen LogP contribution in [0.1, 0.15) is 5.82 Å². The van der Waals surface area contributed by atoms with Crippen molar-refractivity contribution >= 4 is 34.5 Å². The van der Waals surface area contributed by atoms with E-state index in [1.807, 2.05) is 13.1 Å². The summed E-state index contributed by atoms with van der Waals surface area (Å²) in [5.41, 5.74) is 0.961. The van der Waals surface area contributed by atoms with Crippen LogP contribution in [0.2, 0.25) is 0 Å². The van der Waals surface area contributed by atoms with Crippen LogP contribution < -0.4 is 3.12 Å². The zero-order chi connectivity index (χ0) is 7.84. The van der Waals surface area contributed by atoms with Crippen molar-refractivity contribution in [3.05, 3.63) is 24.2 Å². The maximum atomic E-state index is 4.25. The van der Waals surface area contributed by atoms with Gasteiger partial charge in [-0.3, -0.25) is 0 Å². The van der Waals surface area contributed by atoms with E-state index in [9.17, 15) is 0 Å². The van der Waals surface area contributed by atoms with Gasteiger partial charge in [-0.1, -0.05) is 0 Å². The topological polar surface area (TPSA) is 30.2 Å². The number of hydrogen-bond acceptors (Lipinski definition) is 2. The van der Waals surface area contributed by atoms with Crippen molar-refractivity contribution in [2.24, 2.45) is 0 Å². The molecule has 0 unspecified atom stereocenters. The summed E-state index contributed by atoms with van der Waals surface area (Å²) in [6.45, 7) is 1.90. The fourth-order valence-corrected chi connectivity index (χ4v) is 1.92. The SMILES string of the molecule is Cc1nc2c[c]([Tl])ccn2n1. The molecule has 4 heteroatoms. The molecule has 11 heavy (non-hydrogen) atoms. The van der Waals surface area contributed by atoms with Gasteiger partial charge in [0, 0.05) is 0 Å². The molecule has 0 aromatic carbocycles. The molecule has 2 heterocycles. The fourth-order valence-electron chi connectivity index (χ4n) is 1.01. The zero-order valence-corrected chi connectivity index (χ0v) is 10.6. The van der Waals surface area contributed by atoms with Crippen molar-refractivity contribution in [2.75, 3.05) is 0 Å². The molecule has 0 bridgehead atoms. The van der Waals surface area contributed by atoms with Gasteiger partial charge in [-0.25, -0.2) is 0 Å². The minimum absolute atomic E-state index is 0.834. The van der Waals surface area contributed by atoms with E-state index >= 15 is 0 Å². The Labute approximate surface area is 80.1 Å². The first-order chi connectivity index (χ1) is 5.25. The van der Waals surface area contributed by atoms with Gasteiger partial charge in [0.1, 0.15) is 0 Å². The van der Waals surface area contributed by atoms with Crippen molar-refractivity contribution in [1.82, 2.24) is 14.6 Å². The number of pyridine rings is 1. The molecule has 0 aliphatic carbocycles. The molecule has 0 radical (unpaired) electrons. The van der Waals surface area contributed by atoms with Crippen LogP contribution in [-0.4, -0.2) is 40.4 Å². The predicted molar refractivity (Wildman–Crippen MR) is 43.1 cm³/mol. The Balaban J connectivity index is 2.82. The van der Waals surface area contributed by atoms with Gasteiger partial charge in [-0.2, -0.15) is 0 Å². The Bertz CT molecular complexity index is 393. The van der Waals surface area contributed by atoms with Crippen LogP contribution in [0.25, 0.3) is 5.65 Å². The summed E-state index contributed by atoms with van der Waals surface area (Å²) < 4.78 is 3.19. The Hall–Kier alpha value is -0.458. The van der Waals surface area contributed by atoms with Gasteiger partial charge in [0.05, 0.1) is 0 Å². The molecule has 0 aliphatic heterocycles. The first-order valence-electron chi connectivity index (χ1n) is 3.34. The van der Waals surface area contributed by atoms with E-state index in [2.05, 4.69) is 22.2 Å². The van der Waals surface area contributed by atoms with E-state index in [1.54, 1.807) is 4.52 Å². The van der Waals surface area contributed by atoms with Gasteiger partial charge in [0.15, 0.2) is 0 Å². The molecule has 0 saturated carbocycles. The second-order valence-corrected chi connectivity index (χ2v) is 5.01. The maximum absolute atomic E-state index is 4.25. The van der Waals surface area contributed by atoms with Crippen molar-refractivity contribution in [3.8, 4) is 0 Å². The van der Waals surface area contributed by atoms with E-state index < -0.39 is 0 Å². The molecule has 0 N–H and O–H groups in total. The van der Waals surface area contributed by atoms with Gasteiger partial charge >= 0.3 is 80.2 Å². The van der Waals surface area contributed by atoms with E-state index in [4.69, 9.17) is 0 Å². The monoisotopic (exact) mass is 337 g/mol. The van der Waals surface area contributed by atoms with Crippen LogP contribution in [0.5, 0.6) is 0 Å². The summed E-state index contributed by atoms with van der Waals surface area (Å²) in [4.78, 5) is 4.25. The molecule has 0 fully saturated rings. The minimum atomic E-state index is 0.834. The van der Waals surface area contributed by atoms with Gasteiger partial charge in [0.25, 0.3) is 0 Å². The summed E-state index contributed by atoms with van der Waals surface area (Å²) in [6.07, 6.45) is 1.96.